The van der Waals surface area contributed by atoms with Gasteiger partial charge < -0.3 is 26.0 Å². The minimum atomic E-state index is -4.22. The molecule has 2 aromatic heterocycles. The van der Waals surface area contributed by atoms with E-state index in [2.05, 4.69) is 35.6 Å². The van der Waals surface area contributed by atoms with Crippen LogP contribution in [0.5, 0.6) is 0 Å². The number of benzene rings is 4. The third kappa shape index (κ3) is 12.7. The number of methoxy groups -OCH3 is 1. The summed E-state index contributed by atoms with van der Waals surface area (Å²) in [6, 6.07) is 11.3. The van der Waals surface area contributed by atoms with Crippen LogP contribution in [0, 0.1) is 11.6 Å². The highest BCUT2D eigenvalue weighted by atomic mass is 35.5. The van der Waals surface area contributed by atoms with Gasteiger partial charge in [-0.15, -0.1) is 20.4 Å². The number of amides is 3. The van der Waals surface area contributed by atoms with E-state index in [4.69, 9.17) is 34.7 Å². The standard InChI is InChI=1S/C24H23ClF3N7O5S.C23H23ClF3N7O5S2/c1-40-23(37)33-10-15(8-24(27,28)12-33)35-31-21(30-32-35)16-6-19-20(7-17(16)26)41(38,39)11-18(29)22(36)34(19)9-13-2-4-14(25)5-3-13;1-40(36,37)32-10-15(8-23(26,27)12-32)34-30-21(29-31-34)16-6-19-20(7-17(16)25)41(38,39)11-18(28)22(35)33(19)9-13-2-4-14(24)5-3-13/h2-7,15,18H,8-12,29H2,1H3;2-7,15,18H,8-12,28H2,1H3/t2*15?,18-/m00/s1. The molecule has 6 aromatic rings. The van der Waals surface area contributed by atoms with E-state index < -0.39 is 148 Å². The van der Waals surface area contributed by atoms with Gasteiger partial charge >= 0.3 is 6.09 Å². The molecule has 82 heavy (non-hydrogen) atoms. The highest BCUT2D eigenvalue weighted by Crippen LogP contribution is 2.40. The topological polar surface area (TPSA) is 315 Å². The van der Waals surface area contributed by atoms with Gasteiger partial charge in [0.15, 0.2) is 19.7 Å². The van der Waals surface area contributed by atoms with Gasteiger partial charge in [0, 0.05) is 36.0 Å². The molecule has 0 saturated carbocycles. The van der Waals surface area contributed by atoms with Gasteiger partial charge in [-0.05, 0) is 70.1 Å². The normalized spacial score (nSPS) is 22.3. The predicted molar refractivity (Wildman–Crippen MR) is 279 cm³/mol. The van der Waals surface area contributed by atoms with E-state index in [0.717, 1.165) is 61.9 Å². The predicted octanol–water partition coefficient (Wildman–Crippen LogP) is 4.05. The minimum absolute atomic E-state index is 0.113. The van der Waals surface area contributed by atoms with Gasteiger partial charge in [0.25, 0.3) is 11.8 Å². The van der Waals surface area contributed by atoms with Crippen LogP contribution in [0.1, 0.15) is 36.1 Å². The lowest BCUT2D eigenvalue weighted by Crippen LogP contribution is -2.50. The Morgan fingerprint density at radius 3 is 1.49 bits per heavy atom. The first-order chi connectivity index (χ1) is 38.3. The molecule has 6 heterocycles. The van der Waals surface area contributed by atoms with Gasteiger partial charge in [-0.1, -0.05) is 47.5 Å². The van der Waals surface area contributed by atoms with Crippen molar-refractivity contribution >= 4 is 82.2 Å². The maximum Gasteiger partial charge on any atom is 0.409 e. The number of nitrogens with two attached hydrogens (primary N) is 2. The van der Waals surface area contributed by atoms with Gasteiger partial charge in [0.05, 0.1) is 108 Å². The van der Waals surface area contributed by atoms with Crippen LogP contribution in [0.25, 0.3) is 22.8 Å². The third-order valence-corrected chi connectivity index (χ3v) is 18.8. The summed E-state index contributed by atoms with van der Waals surface area (Å²) in [5, 5.41) is 24.0. The van der Waals surface area contributed by atoms with Crippen molar-refractivity contribution in [2.75, 3.05) is 60.9 Å². The molecule has 2 fully saturated rings. The van der Waals surface area contributed by atoms with Crippen LogP contribution in [0.3, 0.4) is 0 Å². The molecule has 0 bridgehead atoms. The fraction of sp³-hybridized carbons (Fsp3) is 0.383. The van der Waals surface area contributed by atoms with E-state index in [1.165, 1.54) is 0 Å². The smallest absolute Gasteiger partial charge is 0.409 e. The summed E-state index contributed by atoms with van der Waals surface area (Å²) in [6.45, 7) is -2.68. The largest absolute Gasteiger partial charge is 0.453 e. The number of ether oxygens (including phenoxy) is 1. The van der Waals surface area contributed by atoms with Crippen LogP contribution in [0.4, 0.5) is 42.5 Å². The fourth-order valence-corrected chi connectivity index (χ4v) is 13.8. The van der Waals surface area contributed by atoms with Crippen molar-refractivity contribution in [3.63, 3.8) is 0 Å². The molecule has 4 N–H and O–H groups in total. The number of piperidine rings is 2. The number of fused-ring (bicyclic) bond motifs is 2. The maximum atomic E-state index is 15.4. The molecule has 4 aromatic carbocycles. The first kappa shape index (κ1) is 59.7. The van der Waals surface area contributed by atoms with Crippen LogP contribution in [0.15, 0.2) is 82.6 Å². The van der Waals surface area contributed by atoms with Gasteiger partial charge in [-0.2, -0.15) is 13.9 Å². The highest BCUT2D eigenvalue weighted by Gasteiger charge is 2.47. The molecule has 24 nitrogen and oxygen atoms in total. The summed E-state index contributed by atoms with van der Waals surface area (Å²) in [4.78, 5) is 42.1. The highest BCUT2D eigenvalue weighted by molar-refractivity contribution is 7.92. The Hall–Kier alpha value is -6.88. The Balaban J connectivity index is 0.000000198. The third-order valence-electron chi connectivity index (χ3n) is 13.5. The van der Waals surface area contributed by atoms with Crippen LogP contribution < -0.4 is 21.3 Å². The number of likely N-dealkylation sites (tertiary alicyclic amines) is 1. The van der Waals surface area contributed by atoms with Gasteiger partial charge in [-0.25, -0.2) is 56.4 Å². The second-order valence-corrected chi connectivity index (χ2v) is 26.5. The average Bonchev–Trinajstić information content (AvgIpc) is 4.07. The molecule has 0 spiro atoms. The van der Waals surface area contributed by atoms with Gasteiger partial charge in [-0.3, -0.25) is 14.5 Å². The minimum Gasteiger partial charge on any atom is -0.453 e. The Labute approximate surface area is 472 Å². The number of hydrogen-bond acceptors (Lipinski definition) is 18. The zero-order chi connectivity index (χ0) is 59.6. The van der Waals surface area contributed by atoms with E-state index in [-0.39, 0.29) is 54.5 Å². The molecular formula is C47H46Cl2F6N14O10S3. The molecule has 0 radical (unpaired) electrons. The molecule has 10 rings (SSSR count). The quantitative estimate of drug-likeness (QED) is 0.193. The monoisotopic (exact) mass is 1250 g/mol. The van der Waals surface area contributed by atoms with Crippen LogP contribution in [-0.2, 0) is 57.1 Å². The summed E-state index contributed by atoms with van der Waals surface area (Å²) in [7, 11) is -11.3. The number of rotatable bonds is 9. The Bertz CT molecular complexity index is 3850. The van der Waals surface area contributed by atoms with E-state index in [1.54, 1.807) is 48.5 Å². The zero-order valence-electron chi connectivity index (χ0n) is 42.7. The summed E-state index contributed by atoms with van der Waals surface area (Å²) in [5.41, 5.74) is 11.9. The Morgan fingerprint density at radius 1 is 0.683 bits per heavy atom. The number of carbonyl (C=O) groups is 3. The fourth-order valence-electron chi connectivity index (χ4n) is 9.56. The first-order valence-corrected chi connectivity index (χ1v) is 30.1. The molecular weight excluding hydrogens is 1200 g/mol. The number of nitrogens with zero attached hydrogens (tertiary/aromatic N) is 12. The molecule has 4 atom stereocenters. The molecule has 3 amide bonds. The Kier molecular flexibility index (Phi) is 16.3. The first-order valence-electron chi connectivity index (χ1n) is 24.2. The van der Waals surface area contributed by atoms with Gasteiger partial charge in [0.2, 0.25) is 33.5 Å². The SMILES string of the molecule is COC(=O)N1CC(n2nnc(-c3cc4c(cc3F)S(=O)(=O)C[C@H](N)C(=O)N4Cc3ccc(Cl)cc3)n2)CC(F)(F)C1.CS(=O)(=O)N1CC(n2nnc(-c3cc4c(cc3F)S(=O)(=O)C[C@H](N)C(=O)N4Cc3ccc(Cl)cc3)n2)CC(F)(F)C1. The van der Waals surface area contributed by atoms with Crippen LogP contribution in [-0.4, -0.2) is 168 Å². The number of hydrogen-bond donors (Lipinski definition) is 2. The number of tetrazole rings is 2. The van der Waals surface area contributed by atoms with Crippen molar-refractivity contribution in [1.29, 1.82) is 0 Å². The van der Waals surface area contributed by atoms with E-state index in [0.29, 0.717) is 25.5 Å². The zero-order valence-corrected chi connectivity index (χ0v) is 46.6. The molecule has 4 aliphatic heterocycles. The average molecular weight is 1250 g/mol. The number of aromatic nitrogens is 8. The summed E-state index contributed by atoms with van der Waals surface area (Å²) in [5.74, 6) is -12.5. The maximum absolute atomic E-state index is 15.4. The number of alkyl halides is 4. The number of sulfonamides is 1. The van der Waals surface area contributed by atoms with Crippen LogP contribution in [0.2, 0.25) is 10.0 Å². The van der Waals surface area contributed by atoms with Crippen LogP contribution >= 0.6 is 23.2 Å². The molecule has 4 aliphatic rings. The van der Waals surface area contributed by atoms with E-state index in [9.17, 15) is 57.2 Å². The van der Waals surface area contributed by atoms with E-state index in [1.807, 2.05) is 0 Å². The summed E-state index contributed by atoms with van der Waals surface area (Å²) < 4.78 is 170. The second-order valence-electron chi connectivity index (χ2n) is 19.7. The Morgan fingerprint density at radius 2 is 1.09 bits per heavy atom. The van der Waals surface area contributed by atoms with Crippen molar-refractivity contribution in [3.05, 3.63) is 106 Å². The molecule has 35 heteroatoms. The molecule has 0 aliphatic carbocycles. The number of carbonyl (C=O) groups excluding carboxylic acids is 3. The van der Waals surface area contributed by atoms with Crippen molar-refractivity contribution in [3.8, 4) is 22.8 Å². The molecule has 438 valence electrons. The van der Waals surface area contributed by atoms with Crippen molar-refractivity contribution in [2.24, 2.45) is 11.5 Å². The van der Waals surface area contributed by atoms with E-state index >= 15 is 8.78 Å². The molecule has 2 unspecified atom stereocenters. The summed E-state index contributed by atoms with van der Waals surface area (Å²) in [6.07, 6.45) is -1.67. The lowest BCUT2D eigenvalue weighted by atomic mass is 10.0. The van der Waals surface area contributed by atoms with Crippen molar-refractivity contribution < 1.29 is 70.7 Å². The number of sulfone groups is 2. The number of anilines is 2. The lowest BCUT2D eigenvalue weighted by Gasteiger charge is -2.35. The summed E-state index contributed by atoms with van der Waals surface area (Å²) >= 11 is 11.9. The van der Waals surface area contributed by atoms with Crippen molar-refractivity contribution in [1.82, 2.24) is 49.6 Å². The second kappa shape index (κ2) is 22.4. The number of halogens is 8. The van der Waals surface area contributed by atoms with Crippen molar-refractivity contribution in [2.45, 2.75) is 71.7 Å². The van der Waals surface area contributed by atoms with Gasteiger partial charge in [0.1, 0.15) is 11.6 Å². The lowest BCUT2D eigenvalue weighted by molar-refractivity contribution is -0.120. The molecule has 2 saturated heterocycles.